The summed E-state index contributed by atoms with van der Waals surface area (Å²) in [7, 11) is 0. The topological polar surface area (TPSA) is 69.0 Å². The first-order valence-electron chi connectivity index (χ1n) is 9.92. The van der Waals surface area contributed by atoms with Crippen LogP contribution in [-0.2, 0) is 4.79 Å². The van der Waals surface area contributed by atoms with E-state index in [1.54, 1.807) is 24.3 Å². The molecule has 0 fully saturated rings. The molecule has 0 aliphatic rings. The minimum atomic E-state index is -0.287. The monoisotopic (exact) mass is 422 g/mol. The second-order valence-electron chi connectivity index (χ2n) is 7.40. The Morgan fingerprint density at radius 1 is 1.20 bits per heavy atom. The van der Waals surface area contributed by atoms with Crippen LogP contribution in [0, 0.1) is 6.92 Å². The van der Waals surface area contributed by atoms with Crippen LogP contribution < -0.4 is 10.1 Å². The maximum atomic E-state index is 12.5. The summed E-state index contributed by atoms with van der Waals surface area (Å²) in [5.41, 5.74) is 2.82. The third-order valence-corrected chi connectivity index (χ3v) is 5.33. The molecule has 154 valence electrons. The van der Waals surface area contributed by atoms with Crippen LogP contribution >= 0.6 is 11.6 Å². The molecular weight excluding hydrogens is 400 g/mol. The summed E-state index contributed by atoms with van der Waals surface area (Å²) in [6.07, 6.45) is 0.900. The molecule has 0 radical (unpaired) electrons. The lowest BCUT2D eigenvalue weighted by Gasteiger charge is -2.10. The standard InChI is InChI=1S/C23H23ClN4O2/c1-4-15(3)28-23-19(12-16-11-14(2)5-10-20(16)25-23)22(27-28)26-21(29)13-30-18-8-6-17(24)7-9-18/h5-12,15H,4,13H2,1-3H3,(H,26,27,29)/t15-/m1/s1. The number of nitrogens with zero attached hydrogens (tertiary/aromatic N) is 3. The average Bonchev–Trinajstić information content (AvgIpc) is 3.08. The van der Waals surface area contributed by atoms with Gasteiger partial charge in [-0.15, -0.1) is 0 Å². The van der Waals surface area contributed by atoms with Gasteiger partial charge in [-0.1, -0.05) is 30.2 Å². The SMILES string of the molecule is CC[C@@H](C)n1nc(NC(=O)COc2ccc(Cl)cc2)c2cc3cc(C)ccc3nc21. The number of aromatic nitrogens is 3. The van der Waals surface area contributed by atoms with Crippen molar-refractivity contribution in [1.29, 1.82) is 0 Å². The van der Waals surface area contributed by atoms with Gasteiger partial charge in [0.05, 0.1) is 16.9 Å². The van der Waals surface area contributed by atoms with Gasteiger partial charge in [0.25, 0.3) is 5.91 Å². The van der Waals surface area contributed by atoms with E-state index >= 15 is 0 Å². The highest BCUT2D eigenvalue weighted by molar-refractivity contribution is 6.30. The van der Waals surface area contributed by atoms with Gasteiger partial charge in [0.15, 0.2) is 18.1 Å². The lowest BCUT2D eigenvalue weighted by molar-refractivity contribution is -0.118. The average molecular weight is 423 g/mol. The largest absolute Gasteiger partial charge is 0.484 e. The maximum Gasteiger partial charge on any atom is 0.263 e. The molecule has 0 spiro atoms. The van der Waals surface area contributed by atoms with Gasteiger partial charge in [-0.3, -0.25) is 4.79 Å². The second kappa shape index (κ2) is 8.32. The molecule has 2 aromatic heterocycles. The maximum absolute atomic E-state index is 12.5. The number of fused-ring (bicyclic) bond motifs is 2. The number of hydrogen-bond acceptors (Lipinski definition) is 4. The Bertz CT molecular complexity index is 1220. The summed E-state index contributed by atoms with van der Waals surface area (Å²) in [6, 6.07) is 15.2. The Hall–Kier alpha value is -3.12. The van der Waals surface area contributed by atoms with Crippen molar-refractivity contribution in [1.82, 2.24) is 14.8 Å². The molecule has 2 heterocycles. The van der Waals surface area contributed by atoms with Crippen LogP contribution in [-0.4, -0.2) is 27.3 Å². The van der Waals surface area contributed by atoms with Crippen LogP contribution in [0.1, 0.15) is 31.9 Å². The van der Waals surface area contributed by atoms with Crippen LogP contribution in [0.25, 0.3) is 21.9 Å². The number of aryl methyl sites for hydroxylation is 1. The van der Waals surface area contributed by atoms with Gasteiger partial charge in [0, 0.05) is 10.4 Å². The summed E-state index contributed by atoms with van der Waals surface area (Å²) in [4.78, 5) is 17.4. The fourth-order valence-electron chi connectivity index (χ4n) is 3.26. The van der Waals surface area contributed by atoms with E-state index in [1.807, 2.05) is 29.8 Å². The number of pyridine rings is 1. The van der Waals surface area contributed by atoms with Gasteiger partial charge < -0.3 is 10.1 Å². The fourth-order valence-corrected chi connectivity index (χ4v) is 3.39. The van der Waals surface area contributed by atoms with Crippen LogP contribution in [0.15, 0.2) is 48.5 Å². The molecule has 7 heteroatoms. The van der Waals surface area contributed by atoms with Crippen molar-refractivity contribution >= 4 is 45.3 Å². The number of ether oxygens (including phenoxy) is 1. The first kappa shape index (κ1) is 20.2. The van der Waals surface area contributed by atoms with E-state index in [4.69, 9.17) is 21.3 Å². The Balaban J connectivity index is 1.64. The minimum absolute atomic E-state index is 0.126. The predicted octanol–water partition coefficient (Wildman–Crippen LogP) is 5.53. The number of carbonyl (C=O) groups excluding carboxylic acids is 1. The number of carbonyl (C=O) groups is 1. The van der Waals surface area contributed by atoms with Gasteiger partial charge in [-0.25, -0.2) is 9.67 Å². The number of nitrogens with one attached hydrogen (secondary N) is 1. The van der Waals surface area contributed by atoms with Crippen molar-refractivity contribution in [2.24, 2.45) is 0 Å². The summed E-state index contributed by atoms with van der Waals surface area (Å²) in [5.74, 6) is 0.781. The van der Waals surface area contributed by atoms with Gasteiger partial charge in [0.2, 0.25) is 0 Å². The van der Waals surface area contributed by atoms with Crippen molar-refractivity contribution in [3.8, 4) is 5.75 Å². The number of rotatable bonds is 6. The molecule has 4 rings (SSSR count). The minimum Gasteiger partial charge on any atom is -0.484 e. The molecule has 30 heavy (non-hydrogen) atoms. The zero-order chi connectivity index (χ0) is 21.3. The molecule has 0 bridgehead atoms. The van der Waals surface area contributed by atoms with E-state index in [0.717, 1.165) is 33.9 Å². The highest BCUT2D eigenvalue weighted by Crippen LogP contribution is 2.29. The van der Waals surface area contributed by atoms with E-state index in [1.165, 1.54) is 0 Å². The van der Waals surface area contributed by atoms with Crippen molar-refractivity contribution in [3.63, 3.8) is 0 Å². The van der Waals surface area contributed by atoms with E-state index in [-0.39, 0.29) is 18.6 Å². The van der Waals surface area contributed by atoms with Crippen molar-refractivity contribution in [3.05, 3.63) is 59.1 Å². The molecule has 1 atom stereocenters. The number of benzene rings is 2. The molecule has 6 nitrogen and oxygen atoms in total. The van der Waals surface area contributed by atoms with Gasteiger partial charge in [-0.05, 0) is 62.7 Å². The predicted molar refractivity (Wildman–Crippen MR) is 120 cm³/mol. The molecule has 0 saturated heterocycles. The van der Waals surface area contributed by atoms with E-state index in [2.05, 4.69) is 30.3 Å². The normalized spacial score (nSPS) is 12.3. The molecule has 1 amide bonds. The molecule has 0 unspecified atom stereocenters. The summed E-state index contributed by atoms with van der Waals surface area (Å²) in [6.45, 7) is 6.10. The summed E-state index contributed by atoms with van der Waals surface area (Å²) in [5, 5.41) is 9.99. The molecular formula is C23H23ClN4O2. The zero-order valence-electron chi connectivity index (χ0n) is 17.1. The fraction of sp³-hybridized carbons (Fsp3) is 0.261. The van der Waals surface area contributed by atoms with E-state index < -0.39 is 0 Å². The molecule has 4 aromatic rings. The number of amides is 1. The van der Waals surface area contributed by atoms with Crippen molar-refractivity contribution in [2.75, 3.05) is 11.9 Å². The van der Waals surface area contributed by atoms with E-state index in [0.29, 0.717) is 16.6 Å². The first-order chi connectivity index (χ1) is 14.4. The third kappa shape index (κ3) is 4.09. The number of anilines is 1. The second-order valence-corrected chi connectivity index (χ2v) is 7.83. The Morgan fingerprint density at radius 3 is 2.70 bits per heavy atom. The van der Waals surface area contributed by atoms with Crippen LogP contribution in [0.5, 0.6) is 5.75 Å². The lowest BCUT2D eigenvalue weighted by Crippen LogP contribution is -2.20. The molecule has 2 aromatic carbocycles. The van der Waals surface area contributed by atoms with Gasteiger partial charge >= 0.3 is 0 Å². The molecule has 1 N–H and O–H groups in total. The van der Waals surface area contributed by atoms with Crippen LogP contribution in [0.3, 0.4) is 0 Å². The first-order valence-corrected chi connectivity index (χ1v) is 10.3. The van der Waals surface area contributed by atoms with Crippen LogP contribution in [0.2, 0.25) is 5.02 Å². The quantitative estimate of drug-likeness (QED) is 0.443. The number of hydrogen-bond donors (Lipinski definition) is 1. The van der Waals surface area contributed by atoms with Gasteiger partial charge in [-0.2, -0.15) is 5.10 Å². The lowest BCUT2D eigenvalue weighted by atomic mass is 10.1. The Kier molecular flexibility index (Phi) is 5.59. The van der Waals surface area contributed by atoms with E-state index in [9.17, 15) is 4.79 Å². The summed E-state index contributed by atoms with van der Waals surface area (Å²) < 4.78 is 7.43. The van der Waals surface area contributed by atoms with Crippen molar-refractivity contribution in [2.45, 2.75) is 33.2 Å². The summed E-state index contributed by atoms with van der Waals surface area (Å²) >= 11 is 5.88. The highest BCUT2D eigenvalue weighted by Gasteiger charge is 2.18. The number of halogens is 1. The Morgan fingerprint density at radius 2 is 1.97 bits per heavy atom. The highest BCUT2D eigenvalue weighted by atomic mass is 35.5. The van der Waals surface area contributed by atoms with Gasteiger partial charge in [0.1, 0.15) is 5.75 Å². The molecule has 0 saturated carbocycles. The van der Waals surface area contributed by atoms with Crippen molar-refractivity contribution < 1.29 is 9.53 Å². The Labute approximate surface area is 179 Å². The smallest absolute Gasteiger partial charge is 0.263 e. The molecule has 0 aliphatic heterocycles. The molecule has 0 aliphatic carbocycles. The third-order valence-electron chi connectivity index (χ3n) is 5.08. The zero-order valence-corrected chi connectivity index (χ0v) is 17.9. The van der Waals surface area contributed by atoms with Crippen LogP contribution in [0.4, 0.5) is 5.82 Å².